The Labute approximate surface area is 98.9 Å². The van der Waals surface area contributed by atoms with Gasteiger partial charge in [-0.25, -0.2) is 4.21 Å². The van der Waals surface area contributed by atoms with Gasteiger partial charge in [0.05, 0.1) is 9.82 Å². The first-order valence-electron chi connectivity index (χ1n) is 2.96. The maximum absolute atomic E-state index is 10.5. The molecule has 0 fully saturated rings. The van der Waals surface area contributed by atoms with Crippen LogP contribution in [0.4, 0.5) is 5.69 Å². The second-order valence-electron chi connectivity index (χ2n) is 2.00. The molecule has 1 aromatic carbocycles. The first-order valence-corrected chi connectivity index (χ1v) is 4.07. The van der Waals surface area contributed by atoms with Gasteiger partial charge in [-0.3, -0.25) is 10.1 Å². The molecule has 0 aromatic heterocycles. The third-order valence-corrected chi connectivity index (χ3v) is 1.89. The van der Waals surface area contributed by atoms with Crippen LogP contribution in [0, 0.1) is 10.1 Å². The molecule has 1 N–H and O–H groups in total. The summed E-state index contributed by atoms with van der Waals surface area (Å²) in [6.07, 6.45) is 0. The molecule has 0 spiro atoms. The van der Waals surface area contributed by atoms with Gasteiger partial charge in [0.1, 0.15) is 0 Å². The zero-order chi connectivity index (χ0) is 9.14. The van der Waals surface area contributed by atoms with Crippen LogP contribution in [0.2, 0.25) is 0 Å². The topological polar surface area (TPSA) is 80.4 Å². The molecule has 0 aliphatic rings. The molecule has 1 atom stereocenters. The van der Waals surface area contributed by atoms with Crippen molar-refractivity contribution < 1.29 is 13.7 Å². The predicted molar refractivity (Wildman–Crippen MR) is 47.9 cm³/mol. The molecular weight excluding hydrogens is 205 g/mol. The van der Waals surface area contributed by atoms with Crippen molar-refractivity contribution in [2.45, 2.75) is 4.90 Å². The van der Waals surface area contributed by atoms with E-state index in [1.165, 1.54) is 18.2 Å². The Morgan fingerprint density at radius 1 is 1.46 bits per heavy atom. The van der Waals surface area contributed by atoms with Crippen molar-refractivity contribution in [1.29, 1.82) is 0 Å². The second-order valence-corrected chi connectivity index (χ2v) is 2.97. The molecule has 0 heterocycles. The summed E-state index contributed by atoms with van der Waals surface area (Å²) in [6, 6.07) is 5.04. The zero-order valence-corrected chi connectivity index (χ0v) is 9.65. The van der Waals surface area contributed by atoms with Crippen molar-refractivity contribution in [3.63, 3.8) is 0 Å². The maximum Gasteiger partial charge on any atom is 0.270 e. The van der Waals surface area contributed by atoms with Crippen molar-refractivity contribution in [3.05, 3.63) is 34.4 Å². The smallest absolute Gasteiger partial charge is 0.270 e. The summed E-state index contributed by atoms with van der Waals surface area (Å²) < 4.78 is 19.0. The fourth-order valence-corrected chi connectivity index (χ4v) is 1.12. The minimum Gasteiger partial charge on any atom is -0.302 e. The molecule has 0 saturated heterocycles. The number of benzene rings is 1. The van der Waals surface area contributed by atoms with Crippen LogP contribution >= 0.6 is 0 Å². The molecule has 65 valence electrons. The number of nitrogens with zero attached hydrogens (tertiary/aromatic N) is 1. The molecule has 1 radical (unpaired) electrons. The molecule has 0 aliphatic carbocycles. The van der Waals surface area contributed by atoms with E-state index in [1.807, 2.05) is 0 Å². The molecule has 1 unspecified atom stereocenters. The summed E-state index contributed by atoms with van der Waals surface area (Å²) in [5, 5.41) is 10.2. The molecule has 0 aliphatic heterocycles. The minimum atomic E-state index is -2.16. The van der Waals surface area contributed by atoms with Gasteiger partial charge in [-0.05, 0) is 6.07 Å². The second kappa shape index (κ2) is 5.46. The Bertz CT molecular complexity index is 314. The largest absolute Gasteiger partial charge is 0.302 e. The van der Waals surface area contributed by atoms with E-state index in [4.69, 9.17) is 4.55 Å². The maximum atomic E-state index is 10.5. The van der Waals surface area contributed by atoms with Gasteiger partial charge >= 0.3 is 0 Å². The monoisotopic (exact) mass is 210 g/mol. The Morgan fingerprint density at radius 2 is 2.08 bits per heavy atom. The van der Waals surface area contributed by atoms with Crippen molar-refractivity contribution in [2.75, 3.05) is 0 Å². The molecule has 13 heavy (non-hydrogen) atoms. The van der Waals surface area contributed by atoms with Gasteiger partial charge in [0.2, 0.25) is 0 Å². The van der Waals surface area contributed by atoms with Gasteiger partial charge < -0.3 is 4.55 Å². The van der Waals surface area contributed by atoms with E-state index in [-0.39, 0.29) is 40.1 Å². The average Bonchev–Trinajstić information content (AvgIpc) is 2.04. The fourth-order valence-electron chi connectivity index (χ4n) is 0.706. The summed E-state index contributed by atoms with van der Waals surface area (Å²) in [4.78, 5) is 9.62. The SMILES string of the molecule is O=[N+]([O-])c1cccc(S(=O)O)c1.[Na]. The van der Waals surface area contributed by atoms with E-state index >= 15 is 0 Å². The number of non-ortho nitro benzene ring substituents is 1. The van der Waals surface area contributed by atoms with E-state index in [1.54, 1.807) is 0 Å². The van der Waals surface area contributed by atoms with Crippen molar-refractivity contribution in [3.8, 4) is 0 Å². The zero-order valence-electron chi connectivity index (χ0n) is 6.84. The van der Waals surface area contributed by atoms with E-state index in [9.17, 15) is 14.3 Å². The van der Waals surface area contributed by atoms with Crippen LogP contribution in [0.1, 0.15) is 0 Å². The number of nitro groups is 1. The van der Waals surface area contributed by atoms with Gasteiger partial charge in [-0.1, -0.05) is 6.07 Å². The Morgan fingerprint density at radius 3 is 2.54 bits per heavy atom. The molecule has 5 nitrogen and oxygen atoms in total. The first-order chi connectivity index (χ1) is 5.61. The number of hydrogen-bond donors (Lipinski definition) is 1. The van der Waals surface area contributed by atoms with Crippen molar-refractivity contribution in [2.24, 2.45) is 0 Å². The van der Waals surface area contributed by atoms with E-state index in [0.717, 1.165) is 6.07 Å². The summed E-state index contributed by atoms with van der Waals surface area (Å²) in [6.45, 7) is 0. The molecular formula is C6H5NNaO4S. The van der Waals surface area contributed by atoms with Crippen LogP contribution in [0.5, 0.6) is 0 Å². The van der Waals surface area contributed by atoms with Crippen LogP contribution in [-0.4, -0.2) is 43.2 Å². The molecule has 0 bridgehead atoms. The quantitative estimate of drug-likeness (QED) is 0.338. The third-order valence-electron chi connectivity index (χ3n) is 1.23. The van der Waals surface area contributed by atoms with E-state index in [0.29, 0.717) is 0 Å². The standard InChI is InChI=1S/C6H5NO4S.Na/c8-7(9)5-2-1-3-6(4-5)12(10)11;/h1-4H,(H,10,11);. The van der Waals surface area contributed by atoms with Crippen LogP contribution in [0.3, 0.4) is 0 Å². The summed E-state index contributed by atoms with van der Waals surface area (Å²) >= 11 is -2.16. The third kappa shape index (κ3) is 3.53. The normalized spacial score (nSPS) is 11.5. The summed E-state index contributed by atoms with van der Waals surface area (Å²) in [5.41, 5.74) is -0.185. The predicted octanol–water partition coefficient (Wildman–Crippen LogP) is 0.795. The van der Waals surface area contributed by atoms with E-state index < -0.39 is 16.0 Å². The molecule has 1 aromatic rings. The van der Waals surface area contributed by atoms with Crippen molar-refractivity contribution >= 4 is 46.3 Å². The first kappa shape index (κ1) is 12.7. The molecule has 7 heteroatoms. The fraction of sp³-hybridized carbons (Fsp3) is 0. The van der Waals surface area contributed by atoms with Crippen LogP contribution in [0.15, 0.2) is 29.2 Å². The van der Waals surface area contributed by atoms with Crippen LogP contribution in [0.25, 0.3) is 0 Å². The van der Waals surface area contributed by atoms with Gasteiger partial charge in [-0.2, -0.15) is 0 Å². The Hall–Kier alpha value is -0.270. The number of hydrogen-bond acceptors (Lipinski definition) is 3. The van der Waals surface area contributed by atoms with Crippen molar-refractivity contribution in [1.82, 2.24) is 0 Å². The van der Waals surface area contributed by atoms with Crippen LogP contribution in [-0.2, 0) is 11.1 Å². The summed E-state index contributed by atoms with van der Waals surface area (Å²) in [5.74, 6) is 0. The van der Waals surface area contributed by atoms with Gasteiger partial charge in [0, 0.05) is 41.7 Å². The number of rotatable bonds is 2. The van der Waals surface area contributed by atoms with Crippen LogP contribution < -0.4 is 0 Å². The molecule has 0 saturated carbocycles. The number of nitro benzene ring substituents is 1. The van der Waals surface area contributed by atoms with E-state index in [2.05, 4.69) is 0 Å². The van der Waals surface area contributed by atoms with Gasteiger partial charge in [0.25, 0.3) is 5.69 Å². The summed E-state index contributed by atoms with van der Waals surface area (Å²) in [7, 11) is 0. The van der Waals surface area contributed by atoms with Gasteiger partial charge in [0.15, 0.2) is 11.1 Å². The molecule has 0 amide bonds. The Balaban J connectivity index is 0.00000144. The van der Waals surface area contributed by atoms with Gasteiger partial charge in [-0.15, -0.1) is 0 Å². The average molecular weight is 210 g/mol. The Kier molecular flexibility index (Phi) is 5.34. The minimum absolute atomic E-state index is 0. The molecule has 1 rings (SSSR count).